The number of carboxylic acids is 1. The minimum Gasteiger partial charge on any atom is -0.481 e. The first kappa shape index (κ1) is 15.0. The highest BCUT2D eigenvalue weighted by Crippen LogP contribution is 2.42. The second-order valence-corrected chi connectivity index (χ2v) is 6.22. The van der Waals surface area contributed by atoms with Crippen LogP contribution in [0.1, 0.15) is 52.9 Å². The maximum atomic E-state index is 12.1. The quantitative estimate of drug-likeness (QED) is 0.766. The molecule has 0 radical (unpaired) electrons. The van der Waals surface area contributed by atoms with Crippen molar-refractivity contribution in [3.05, 3.63) is 0 Å². The van der Waals surface area contributed by atoms with Gasteiger partial charge in [-0.15, -0.1) is 0 Å². The largest absolute Gasteiger partial charge is 0.481 e. The lowest BCUT2D eigenvalue weighted by Crippen LogP contribution is -2.38. The molecule has 18 heavy (non-hydrogen) atoms. The van der Waals surface area contributed by atoms with E-state index in [0.29, 0.717) is 13.0 Å². The van der Waals surface area contributed by atoms with Crippen molar-refractivity contribution in [1.82, 2.24) is 5.32 Å². The molecule has 1 fully saturated rings. The lowest BCUT2D eigenvalue weighted by atomic mass is 9.81. The highest BCUT2D eigenvalue weighted by molar-refractivity contribution is 5.79. The normalized spacial score (nSPS) is 23.6. The Hall–Kier alpha value is -1.06. The number of hydrogen-bond acceptors (Lipinski definition) is 2. The van der Waals surface area contributed by atoms with Crippen molar-refractivity contribution in [2.45, 2.75) is 52.9 Å². The molecular weight excluding hydrogens is 230 g/mol. The number of nitrogens with one attached hydrogen (secondary N) is 1. The molecule has 0 aromatic carbocycles. The van der Waals surface area contributed by atoms with Crippen LogP contribution in [0, 0.1) is 17.3 Å². The molecule has 0 spiro atoms. The molecule has 0 aromatic heterocycles. The van der Waals surface area contributed by atoms with Crippen LogP contribution in [-0.4, -0.2) is 23.5 Å². The van der Waals surface area contributed by atoms with Gasteiger partial charge in [-0.05, 0) is 30.6 Å². The molecule has 2 unspecified atom stereocenters. The van der Waals surface area contributed by atoms with Gasteiger partial charge in [-0.25, -0.2) is 0 Å². The standard InChI is InChI=1S/C14H25NO3/c1-10(6-7-12(16)17)9-15-13(18)11-5-4-8-14(11,2)3/h10-11H,4-9H2,1-3H3,(H,15,18)(H,16,17). The van der Waals surface area contributed by atoms with Crippen molar-refractivity contribution in [1.29, 1.82) is 0 Å². The van der Waals surface area contributed by atoms with Crippen molar-refractivity contribution < 1.29 is 14.7 Å². The Labute approximate surface area is 109 Å². The molecule has 1 amide bonds. The van der Waals surface area contributed by atoms with Gasteiger partial charge in [0, 0.05) is 18.9 Å². The predicted octanol–water partition coefficient (Wildman–Crippen LogP) is 2.43. The molecule has 0 saturated heterocycles. The summed E-state index contributed by atoms with van der Waals surface area (Å²) < 4.78 is 0. The van der Waals surface area contributed by atoms with E-state index in [9.17, 15) is 9.59 Å². The topological polar surface area (TPSA) is 66.4 Å². The minimum atomic E-state index is -0.773. The number of carboxylic acid groups (broad SMARTS) is 1. The highest BCUT2D eigenvalue weighted by Gasteiger charge is 2.39. The van der Waals surface area contributed by atoms with E-state index in [2.05, 4.69) is 19.2 Å². The maximum absolute atomic E-state index is 12.1. The molecule has 0 heterocycles. The summed E-state index contributed by atoms with van der Waals surface area (Å²) in [6, 6.07) is 0. The maximum Gasteiger partial charge on any atom is 0.303 e. The summed E-state index contributed by atoms with van der Waals surface area (Å²) in [5, 5.41) is 11.6. The second-order valence-electron chi connectivity index (χ2n) is 6.22. The van der Waals surface area contributed by atoms with Crippen LogP contribution in [0.4, 0.5) is 0 Å². The first-order chi connectivity index (χ1) is 8.33. The fourth-order valence-electron chi connectivity index (χ4n) is 2.68. The fraction of sp³-hybridized carbons (Fsp3) is 0.857. The van der Waals surface area contributed by atoms with Gasteiger partial charge in [-0.2, -0.15) is 0 Å². The van der Waals surface area contributed by atoms with Gasteiger partial charge in [-0.3, -0.25) is 9.59 Å². The molecule has 4 heteroatoms. The highest BCUT2D eigenvalue weighted by atomic mass is 16.4. The van der Waals surface area contributed by atoms with Crippen LogP contribution in [0.2, 0.25) is 0 Å². The monoisotopic (exact) mass is 255 g/mol. The van der Waals surface area contributed by atoms with E-state index in [-0.39, 0.29) is 29.6 Å². The van der Waals surface area contributed by atoms with Gasteiger partial charge >= 0.3 is 5.97 Å². The van der Waals surface area contributed by atoms with Crippen LogP contribution in [0.3, 0.4) is 0 Å². The van der Waals surface area contributed by atoms with Crippen molar-refractivity contribution >= 4 is 11.9 Å². The van der Waals surface area contributed by atoms with Crippen molar-refractivity contribution in [2.24, 2.45) is 17.3 Å². The van der Waals surface area contributed by atoms with Gasteiger partial charge in [0.1, 0.15) is 0 Å². The van der Waals surface area contributed by atoms with Crippen molar-refractivity contribution in [2.75, 3.05) is 6.54 Å². The third kappa shape index (κ3) is 4.31. The third-order valence-corrected chi connectivity index (χ3v) is 4.05. The molecule has 104 valence electrons. The molecule has 2 N–H and O–H groups in total. The zero-order chi connectivity index (χ0) is 13.8. The van der Waals surface area contributed by atoms with Crippen LogP contribution in [0.15, 0.2) is 0 Å². The molecule has 1 aliphatic rings. The Kier molecular flexibility index (Phi) is 5.17. The summed E-state index contributed by atoms with van der Waals surface area (Å²) in [5.41, 5.74) is 0.106. The molecule has 1 rings (SSSR count). The molecule has 0 aliphatic heterocycles. The summed E-state index contributed by atoms with van der Waals surface area (Å²) >= 11 is 0. The van der Waals surface area contributed by atoms with Gasteiger partial charge in [0.25, 0.3) is 0 Å². The van der Waals surface area contributed by atoms with Gasteiger partial charge in [-0.1, -0.05) is 27.2 Å². The van der Waals surface area contributed by atoms with E-state index < -0.39 is 5.97 Å². The Bertz CT molecular complexity index is 312. The van der Waals surface area contributed by atoms with Gasteiger partial charge < -0.3 is 10.4 Å². The number of rotatable bonds is 6. The second kappa shape index (κ2) is 6.21. The SMILES string of the molecule is CC(CCC(=O)O)CNC(=O)C1CCCC1(C)C. The number of carbonyl (C=O) groups is 2. The summed E-state index contributed by atoms with van der Waals surface area (Å²) in [7, 11) is 0. The van der Waals surface area contributed by atoms with E-state index in [1.165, 1.54) is 0 Å². The lowest BCUT2D eigenvalue weighted by Gasteiger charge is -2.26. The average molecular weight is 255 g/mol. The number of carbonyl (C=O) groups excluding carboxylic acids is 1. The third-order valence-electron chi connectivity index (χ3n) is 4.05. The molecule has 0 bridgehead atoms. The zero-order valence-electron chi connectivity index (χ0n) is 11.7. The van der Waals surface area contributed by atoms with E-state index >= 15 is 0 Å². The van der Waals surface area contributed by atoms with E-state index in [4.69, 9.17) is 5.11 Å². The molecule has 1 saturated carbocycles. The van der Waals surface area contributed by atoms with Crippen LogP contribution >= 0.6 is 0 Å². The summed E-state index contributed by atoms with van der Waals surface area (Å²) in [6.07, 6.45) is 4.00. The van der Waals surface area contributed by atoms with Crippen LogP contribution in [0.5, 0.6) is 0 Å². The Balaban J connectivity index is 2.30. The summed E-state index contributed by atoms with van der Waals surface area (Å²) in [5.74, 6) is -0.302. The average Bonchev–Trinajstić information content (AvgIpc) is 2.63. The van der Waals surface area contributed by atoms with E-state index in [1.807, 2.05) is 6.92 Å². The predicted molar refractivity (Wildman–Crippen MR) is 70.2 cm³/mol. The lowest BCUT2D eigenvalue weighted by molar-refractivity contribution is -0.137. The Morgan fingerprint density at radius 1 is 1.44 bits per heavy atom. The van der Waals surface area contributed by atoms with Crippen molar-refractivity contribution in [3.63, 3.8) is 0 Å². The smallest absolute Gasteiger partial charge is 0.303 e. The van der Waals surface area contributed by atoms with E-state index in [0.717, 1.165) is 19.3 Å². The van der Waals surface area contributed by atoms with E-state index in [1.54, 1.807) is 0 Å². The Morgan fingerprint density at radius 2 is 2.11 bits per heavy atom. The zero-order valence-corrected chi connectivity index (χ0v) is 11.7. The molecule has 2 atom stereocenters. The van der Waals surface area contributed by atoms with Gasteiger partial charge in [0.05, 0.1) is 0 Å². The summed E-state index contributed by atoms with van der Waals surface area (Å²) in [4.78, 5) is 22.5. The van der Waals surface area contributed by atoms with Crippen LogP contribution in [0.25, 0.3) is 0 Å². The van der Waals surface area contributed by atoms with Gasteiger partial charge in [0.2, 0.25) is 5.91 Å². The number of aliphatic carboxylic acids is 1. The molecule has 0 aromatic rings. The summed E-state index contributed by atoms with van der Waals surface area (Å²) in [6.45, 7) is 6.86. The first-order valence-electron chi connectivity index (χ1n) is 6.82. The number of amides is 1. The molecule has 1 aliphatic carbocycles. The van der Waals surface area contributed by atoms with Gasteiger partial charge in [0.15, 0.2) is 0 Å². The first-order valence-corrected chi connectivity index (χ1v) is 6.82. The fourth-order valence-corrected chi connectivity index (χ4v) is 2.68. The molecule has 4 nitrogen and oxygen atoms in total. The van der Waals surface area contributed by atoms with Crippen LogP contribution < -0.4 is 5.32 Å². The number of hydrogen-bond donors (Lipinski definition) is 2. The van der Waals surface area contributed by atoms with Crippen LogP contribution in [-0.2, 0) is 9.59 Å². The van der Waals surface area contributed by atoms with Crippen molar-refractivity contribution in [3.8, 4) is 0 Å². The molecular formula is C14H25NO3. The minimum absolute atomic E-state index is 0.106. The Morgan fingerprint density at radius 3 is 2.61 bits per heavy atom.